The van der Waals surface area contributed by atoms with Gasteiger partial charge < -0.3 is 20.7 Å². The Bertz CT molecular complexity index is 558. The first-order valence-electron chi connectivity index (χ1n) is 8.43. The van der Waals surface area contributed by atoms with Gasteiger partial charge in [-0.25, -0.2) is 4.79 Å². The van der Waals surface area contributed by atoms with Gasteiger partial charge in [-0.2, -0.15) is 0 Å². The van der Waals surface area contributed by atoms with Gasteiger partial charge in [0.15, 0.2) is 0 Å². The number of carbonyl (C=O) groups excluding carboxylic acids is 2. The topological polar surface area (TPSA) is 79.5 Å². The molecule has 1 fully saturated rings. The molecule has 6 heteroatoms. The van der Waals surface area contributed by atoms with E-state index in [1.165, 1.54) is 0 Å². The largest absolute Gasteiger partial charge is 0.444 e. The van der Waals surface area contributed by atoms with E-state index in [0.29, 0.717) is 13.0 Å². The lowest BCUT2D eigenvalue weighted by atomic mass is 10.1. The Balaban J connectivity index is 1.73. The lowest BCUT2D eigenvalue weighted by Crippen LogP contribution is -2.35. The fourth-order valence-electron chi connectivity index (χ4n) is 2.52. The van der Waals surface area contributed by atoms with Crippen molar-refractivity contribution in [2.75, 3.05) is 18.4 Å². The number of hydrogen-bond acceptors (Lipinski definition) is 4. The smallest absolute Gasteiger partial charge is 0.407 e. The number of amides is 2. The van der Waals surface area contributed by atoms with Crippen molar-refractivity contribution in [3.8, 4) is 0 Å². The van der Waals surface area contributed by atoms with E-state index in [9.17, 15) is 9.59 Å². The van der Waals surface area contributed by atoms with Crippen LogP contribution in [0.25, 0.3) is 0 Å². The molecule has 0 radical (unpaired) electrons. The second-order valence-electron chi connectivity index (χ2n) is 7.01. The van der Waals surface area contributed by atoms with Gasteiger partial charge in [-0.1, -0.05) is 12.1 Å². The summed E-state index contributed by atoms with van der Waals surface area (Å²) in [6.07, 6.45) is 2.23. The molecule has 1 heterocycles. The average Bonchev–Trinajstić information content (AvgIpc) is 3.01. The highest BCUT2D eigenvalue weighted by Crippen LogP contribution is 2.13. The molecule has 1 aliphatic heterocycles. The Morgan fingerprint density at radius 2 is 1.96 bits per heavy atom. The minimum Gasteiger partial charge on any atom is -0.444 e. The van der Waals surface area contributed by atoms with E-state index < -0.39 is 11.7 Å². The van der Waals surface area contributed by atoms with Gasteiger partial charge in [-0.3, -0.25) is 4.79 Å². The molecule has 2 rings (SSSR count). The van der Waals surface area contributed by atoms with Crippen molar-refractivity contribution >= 4 is 17.7 Å². The quantitative estimate of drug-likeness (QED) is 0.773. The maximum atomic E-state index is 12.0. The first kappa shape index (κ1) is 18.3. The van der Waals surface area contributed by atoms with Crippen LogP contribution in [0.2, 0.25) is 0 Å². The van der Waals surface area contributed by atoms with Crippen LogP contribution in [0.3, 0.4) is 0 Å². The number of ether oxygens (including phenoxy) is 1. The molecule has 0 bridgehead atoms. The maximum Gasteiger partial charge on any atom is 0.407 e. The minimum absolute atomic E-state index is 0.0202. The van der Waals surface area contributed by atoms with Gasteiger partial charge in [0.05, 0.1) is 6.04 Å². The molecule has 0 spiro atoms. The Hall–Kier alpha value is -2.08. The van der Waals surface area contributed by atoms with Crippen LogP contribution in [0.5, 0.6) is 0 Å². The molecule has 3 N–H and O–H groups in total. The summed E-state index contributed by atoms with van der Waals surface area (Å²) in [5.41, 5.74) is 1.39. The lowest BCUT2D eigenvalue weighted by molar-refractivity contribution is -0.117. The molecule has 0 aliphatic carbocycles. The Labute approximate surface area is 143 Å². The molecular weight excluding hydrogens is 306 g/mol. The maximum absolute atomic E-state index is 12.0. The van der Waals surface area contributed by atoms with Crippen molar-refractivity contribution in [1.29, 1.82) is 0 Å². The zero-order chi connectivity index (χ0) is 17.6. The van der Waals surface area contributed by atoms with Crippen LogP contribution >= 0.6 is 0 Å². The first-order valence-corrected chi connectivity index (χ1v) is 8.43. The van der Waals surface area contributed by atoms with Gasteiger partial charge in [0, 0.05) is 12.2 Å². The molecule has 132 valence electrons. The van der Waals surface area contributed by atoms with E-state index >= 15 is 0 Å². The third kappa shape index (κ3) is 6.20. The third-order valence-corrected chi connectivity index (χ3v) is 3.68. The van der Waals surface area contributed by atoms with E-state index in [1.54, 1.807) is 0 Å². The summed E-state index contributed by atoms with van der Waals surface area (Å²) in [6.45, 7) is 6.91. The summed E-state index contributed by atoms with van der Waals surface area (Å²) in [6, 6.07) is 7.59. The number of hydrogen-bond donors (Lipinski definition) is 3. The predicted molar refractivity (Wildman–Crippen MR) is 94.0 cm³/mol. The zero-order valence-corrected chi connectivity index (χ0v) is 14.6. The zero-order valence-electron chi connectivity index (χ0n) is 14.6. The molecule has 0 unspecified atom stereocenters. The highest BCUT2D eigenvalue weighted by Gasteiger charge is 2.21. The molecule has 6 nitrogen and oxygen atoms in total. The van der Waals surface area contributed by atoms with E-state index in [4.69, 9.17) is 4.74 Å². The van der Waals surface area contributed by atoms with Crippen molar-refractivity contribution < 1.29 is 14.3 Å². The highest BCUT2D eigenvalue weighted by atomic mass is 16.6. The van der Waals surface area contributed by atoms with E-state index in [2.05, 4.69) is 16.0 Å². The van der Waals surface area contributed by atoms with Crippen LogP contribution in [0.15, 0.2) is 24.3 Å². The van der Waals surface area contributed by atoms with Gasteiger partial charge in [0.25, 0.3) is 0 Å². The molecule has 1 saturated heterocycles. The van der Waals surface area contributed by atoms with Crippen molar-refractivity contribution in [2.45, 2.75) is 51.7 Å². The molecule has 2 amide bonds. The fourth-order valence-corrected chi connectivity index (χ4v) is 2.52. The van der Waals surface area contributed by atoms with Crippen molar-refractivity contribution in [3.05, 3.63) is 29.8 Å². The number of carbonyl (C=O) groups is 2. The van der Waals surface area contributed by atoms with Crippen LogP contribution in [0.1, 0.15) is 39.2 Å². The summed E-state index contributed by atoms with van der Waals surface area (Å²) in [5.74, 6) is 0.0202. The summed E-state index contributed by atoms with van der Waals surface area (Å²) in [7, 11) is 0. The van der Waals surface area contributed by atoms with Gasteiger partial charge in [-0.15, -0.1) is 0 Å². The predicted octanol–water partition coefficient (Wildman–Crippen LogP) is 2.44. The molecule has 1 aromatic carbocycles. The molecule has 1 aliphatic rings. The number of nitrogens with one attached hydrogen (secondary N) is 3. The number of alkyl carbamates (subject to hydrolysis) is 1. The Morgan fingerprint density at radius 3 is 2.54 bits per heavy atom. The highest BCUT2D eigenvalue weighted by molar-refractivity contribution is 5.95. The monoisotopic (exact) mass is 333 g/mol. The summed E-state index contributed by atoms with van der Waals surface area (Å²) < 4.78 is 5.18. The molecule has 0 saturated carbocycles. The van der Waals surface area contributed by atoms with Crippen LogP contribution in [-0.4, -0.2) is 36.7 Å². The summed E-state index contributed by atoms with van der Waals surface area (Å²) in [4.78, 5) is 23.6. The molecule has 24 heavy (non-hydrogen) atoms. The normalized spacial score (nSPS) is 17.4. The number of anilines is 1. The van der Waals surface area contributed by atoms with Gasteiger partial charge in [-0.05, 0) is 64.3 Å². The molecule has 1 aromatic rings. The van der Waals surface area contributed by atoms with E-state index in [1.807, 2.05) is 45.0 Å². The molecule has 1 atom stereocenters. The second kappa shape index (κ2) is 8.15. The second-order valence-corrected chi connectivity index (χ2v) is 7.01. The number of benzene rings is 1. The lowest BCUT2D eigenvalue weighted by Gasteiger charge is -2.19. The summed E-state index contributed by atoms with van der Waals surface area (Å²) >= 11 is 0. The van der Waals surface area contributed by atoms with Crippen LogP contribution in [0, 0.1) is 0 Å². The summed E-state index contributed by atoms with van der Waals surface area (Å²) in [5, 5.41) is 8.83. The third-order valence-electron chi connectivity index (χ3n) is 3.68. The fraction of sp³-hybridized carbons (Fsp3) is 0.556. The Kier molecular flexibility index (Phi) is 6.20. The van der Waals surface area contributed by atoms with Crippen molar-refractivity contribution in [1.82, 2.24) is 10.6 Å². The first-order chi connectivity index (χ1) is 11.3. The average molecular weight is 333 g/mol. The van der Waals surface area contributed by atoms with Crippen molar-refractivity contribution in [3.63, 3.8) is 0 Å². The van der Waals surface area contributed by atoms with Crippen molar-refractivity contribution in [2.24, 2.45) is 0 Å². The van der Waals surface area contributed by atoms with Crippen LogP contribution in [-0.2, 0) is 16.0 Å². The Morgan fingerprint density at radius 1 is 1.25 bits per heavy atom. The van der Waals surface area contributed by atoms with Gasteiger partial charge >= 0.3 is 6.09 Å². The number of rotatable bonds is 5. The standard InChI is InChI=1S/C18H27N3O3/c1-18(2,3)24-17(23)20-12-10-13-6-8-14(9-7-13)21-16(22)15-5-4-11-19-15/h6-9,15,19H,4-5,10-12H2,1-3H3,(H,20,23)(H,21,22)/t15-/m0/s1. The minimum atomic E-state index is -0.488. The van der Waals surface area contributed by atoms with Crippen LogP contribution < -0.4 is 16.0 Å². The van der Waals surface area contributed by atoms with Gasteiger partial charge in [0.2, 0.25) is 5.91 Å². The van der Waals surface area contributed by atoms with Crippen LogP contribution in [0.4, 0.5) is 10.5 Å². The van der Waals surface area contributed by atoms with Gasteiger partial charge in [0.1, 0.15) is 5.60 Å². The molecular formula is C18H27N3O3. The van der Waals surface area contributed by atoms with E-state index in [0.717, 1.165) is 30.6 Å². The van der Waals surface area contributed by atoms with E-state index in [-0.39, 0.29) is 11.9 Å². The SMILES string of the molecule is CC(C)(C)OC(=O)NCCc1ccc(NC(=O)[C@@H]2CCCN2)cc1. The molecule has 0 aromatic heterocycles.